The number of hydrogen-bond acceptors (Lipinski definition) is 4. The molecule has 3 aromatic rings. The number of benzene rings is 2. The van der Waals surface area contributed by atoms with Crippen molar-refractivity contribution in [2.45, 2.75) is 6.42 Å². The molecule has 3 rings (SSSR count). The molecule has 7 nitrogen and oxygen atoms in total. The summed E-state index contributed by atoms with van der Waals surface area (Å²) >= 11 is 9.38. The highest BCUT2D eigenvalue weighted by atomic mass is 79.9. The number of hydrogen-bond donors (Lipinski definition) is 3. The van der Waals surface area contributed by atoms with Crippen LogP contribution in [0.1, 0.15) is 6.42 Å². The van der Waals surface area contributed by atoms with E-state index < -0.39 is 0 Å². The zero-order valence-corrected chi connectivity index (χ0v) is 19.0. The van der Waals surface area contributed by atoms with Crippen molar-refractivity contribution < 1.29 is 9.53 Å². The molecule has 3 N–H and O–H groups in total. The van der Waals surface area contributed by atoms with Crippen LogP contribution in [0.15, 0.2) is 53.1 Å². The number of halogens is 2. The normalized spacial score (nSPS) is 10.8. The minimum absolute atomic E-state index is 0.355. The zero-order valence-electron chi connectivity index (χ0n) is 16.7. The quantitative estimate of drug-likeness (QED) is 0.364. The molecule has 0 spiro atoms. The third-order valence-electron chi connectivity index (χ3n) is 4.21. The minimum Gasteiger partial charge on any atom is -0.493 e. The molecule has 30 heavy (non-hydrogen) atoms. The van der Waals surface area contributed by atoms with Gasteiger partial charge >= 0.3 is 6.03 Å². The second-order valence-electron chi connectivity index (χ2n) is 6.90. The molecule has 0 saturated carbocycles. The Morgan fingerprint density at radius 1 is 1.17 bits per heavy atom. The van der Waals surface area contributed by atoms with Crippen molar-refractivity contribution in [1.29, 1.82) is 0 Å². The van der Waals surface area contributed by atoms with Crippen LogP contribution in [0.3, 0.4) is 0 Å². The highest BCUT2D eigenvalue weighted by Crippen LogP contribution is 2.35. The average Bonchev–Trinajstić information content (AvgIpc) is 3.13. The average molecular weight is 493 g/mol. The molecule has 1 heterocycles. The van der Waals surface area contributed by atoms with Crippen LogP contribution in [-0.2, 0) is 0 Å². The molecule has 0 aliphatic rings. The van der Waals surface area contributed by atoms with E-state index in [1.54, 1.807) is 36.5 Å². The Morgan fingerprint density at radius 2 is 1.87 bits per heavy atom. The largest absolute Gasteiger partial charge is 0.493 e. The first-order valence-corrected chi connectivity index (χ1v) is 10.5. The predicted octanol–water partition coefficient (Wildman–Crippen LogP) is 5.47. The van der Waals surface area contributed by atoms with Crippen LogP contribution in [0.4, 0.5) is 16.2 Å². The lowest BCUT2D eigenvalue weighted by Crippen LogP contribution is -2.19. The van der Waals surface area contributed by atoms with Gasteiger partial charge in [-0.25, -0.2) is 4.79 Å². The molecular weight excluding hydrogens is 470 g/mol. The maximum Gasteiger partial charge on any atom is 0.323 e. The van der Waals surface area contributed by atoms with Gasteiger partial charge in [0, 0.05) is 28.5 Å². The lowest BCUT2D eigenvalue weighted by Gasteiger charge is -2.15. The van der Waals surface area contributed by atoms with Crippen molar-refractivity contribution in [3.05, 3.63) is 58.2 Å². The van der Waals surface area contributed by atoms with Crippen LogP contribution in [0.5, 0.6) is 5.75 Å². The first-order chi connectivity index (χ1) is 14.4. The third-order valence-corrected chi connectivity index (χ3v) is 5.06. The highest BCUT2D eigenvalue weighted by molar-refractivity contribution is 9.10. The summed E-state index contributed by atoms with van der Waals surface area (Å²) in [6.45, 7) is 1.52. The van der Waals surface area contributed by atoms with Gasteiger partial charge in [0.1, 0.15) is 5.75 Å². The van der Waals surface area contributed by atoms with Gasteiger partial charge in [-0.2, -0.15) is 5.10 Å². The Morgan fingerprint density at radius 3 is 2.53 bits per heavy atom. The van der Waals surface area contributed by atoms with E-state index in [0.717, 1.165) is 28.7 Å². The van der Waals surface area contributed by atoms with Gasteiger partial charge in [-0.1, -0.05) is 11.6 Å². The standard InChI is InChI=1S/C21H23BrClN5O2/c1-28(2)10-3-11-30-19-9-8-16(12-17(19)20-18(22)13-24-27-20)26-21(29)25-15-6-4-14(23)5-7-15/h4-9,12-13H,3,10-11H2,1-2H3,(H,24,27)(H2,25,26,29). The summed E-state index contributed by atoms with van der Waals surface area (Å²) in [5.74, 6) is 0.711. The van der Waals surface area contributed by atoms with Crippen LogP contribution in [0.25, 0.3) is 11.3 Å². The second-order valence-corrected chi connectivity index (χ2v) is 8.19. The lowest BCUT2D eigenvalue weighted by molar-refractivity contribution is 0.262. The number of carbonyl (C=O) groups excluding carboxylic acids is 1. The summed E-state index contributed by atoms with van der Waals surface area (Å²) in [6, 6.07) is 12.0. The van der Waals surface area contributed by atoms with Gasteiger partial charge in [-0.05, 0) is 78.9 Å². The topological polar surface area (TPSA) is 82.3 Å². The van der Waals surface area contributed by atoms with Crippen LogP contribution in [0, 0.1) is 0 Å². The summed E-state index contributed by atoms with van der Waals surface area (Å²) in [5, 5.41) is 13.3. The van der Waals surface area contributed by atoms with E-state index in [1.807, 2.05) is 26.2 Å². The second kappa shape index (κ2) is 10.5. The number of ether oxygens (including phenoxy) is 1. The Balaban J connectivity index is 1.74. The number of H-pyrrole nitrogens is 1. The first-order valence-electron chi connectivity index (χ1n) is 9.37. The van der Waals surface area contributed by atoms with E-state index in [-0.39, 0.29) is 6.03 Å². The fourth-order valence-corrected chi connectivity index (χ4v) is 3.31. The SMILES string of the molecule is CN(C)CCCOc1ccc(NC(=O)Nc2ccc(Cl)cc2)cc1-c1[nH]ncc1Br. The van der Waals surface area contributed by atoms with Crippen molar-refractivity contribution in [3.8, 4) is 17.0 Å². The molecule has 0 fully saturated rings. The molecule has 158 valence electrons. The predicted molar refractivity (Wildman–Crippen MR) is 124 cm³/mol. The summed E-state index contributed by atoms with van der Waals surface area (Å²) in [4.78, 5) is 14.5. The lowest BCUT2D eigenvalue weighted by atomic mass is 10.1. The molecule has 9 heteroatoms. The minimum atomic E-state index is -0.355. The zero-order chi connectivity index (χ0) is 21.5. The van der Waals surface area contributed by atoms with Crippen molar-refractivity contribution in [3.63, 3.8) is 0 Å². The number of amides is 2. The summed E-state index contributed by atoms with van der Waals surface area (Å²) in [7, 11) is 4.06. The highest BCUT2D eigenvalue weighted by Gasteiger charge is 2.14. The summed E-state index contributed by atoms with van der Waals surface area (Å²) in [5.41, 5.74) is 2.85. The fraction of sp³-hybridized carbons (Fsp3) is 0.238. The van der Waals surface area contributed by atoms with Crippen molar-refractivity contribution in [2.24, 2.45) is 0 Å². The number of urea groups is 1. The van der Waals surface area contributed by atoms with Gasteiger partial charge in [-0.15, -0.1) is 0 Å². The van der Waals surface area contributed by atoms with E-state index in [9.17, 15) is 4.79 Å². The maximum absolute atomic E-state index is 12.4. The molecule has 2 aromatic carbocycles. The number of nitrogens with zero attached hydrogens (tertiary/aromatic N) is 2. The molecule has 0 saturated heterocycles. The van der Waals surface area contributed by atoms with Crippen LogP contribution in [-0.4, -0.2) is 48.4 Å². The van der Waals surface area contributed by atoms with Crippen molar-refractivity contribution in [2.75, 3.05) is 37.9 Å². The van der Waals surface area contributed by atoms with Gasteiger partial charge in [0.15, 0.2) is 0 Å². The smallest absolute Gasteiger partial charge is 0.323 e. The Bertz CT molecular complexity index is 991. The van der Waals surface area contributed by atoms with E-state index in [4.69, 9.17) is 16.3 Å². The molecule has 1 aromatic heterocycles. The Labute approximate surface area is 188 Å². The number of anilines is 2. The summed E-state index contributed by atoms with van der Waals surface area (Å²) in [6.07, 6.45) is 2.58. The van der Waals surface area contributed by atoms with Gasteiger partial charge in [-0.3, -0.25) is 5.10 Å². The molecule has 0 radical (unpaired) electrons. The van der Waals surface area contributed by atoms with E-state index >= 15 is 0 Å². The number of aromatic amines is 1. The number of aromatic nitrogens is 2. The van der Waals surface area contributed by atoms with E-state index in [1.165, 1.54) is 0 Å². The van der Waals surface area contributed by atoms with E-state index in [2.05, 4.69) is 41.7 Å². The Hall–Kier alpha value is -2.55. The molecule has 2 amide bonds. The fourth-order valence-electron chi connectivity index (χ4n) is 2.78. The van der Waals surface area contributed by atoms with Crippen LogP contribution in [0.2, 0.25) is 5.02 Å². The third kappa shape index (κ3) is 6.22. The van der Waals surface area contributed by atoms with Crippen LogP contribution < -0.4 is 15.4 Å². The molecule has 0 bridgehead atoms. The van der Waals surface area contributed by atoms with Gasteiger partial charge < -0.3 is 20.3 Å². The maximum atomic E-state index is 12.4. The Kier molecular flexibility index (Phi) is 7.73. The van der Waals surface area contributed by atoms with Gasteiger partial charge in [0.25, 0.3) is 0 Å². The monoisotopic (exact) mass is 491 g/mol. The van der Waals surface area contributed by atoms with Gasteiger partial charge in [0.05, 0.1) is 23.0 Å². The molecule has 0 atom stereocenters. The molecule has 0 aliphatic carbocycles. The summed E-state index contributed by atoms with van der Waals surface area (Å²) < 4.78 is 6.81. The molecule has 0 aliphatic heterocycles. The van der Waals surface area contributed by atoms with Crippen LogP contribution >= 0.6 is 27.5 Å². The molecule has 0 unspecified atom stereocenters. The first kappa shape index (κ1) is 22.1. The van der Waals surface area contributed by atoms with Crippen molar-refractivity contribution >= 4 is 44.9 Å². The number of rotatable bonds is 8. The van der Waals surface area contributed by atoms with Gasteiger partial charge in [0.2, 0.25) is 0 Å². The number of nitrogens with one attached hydrogen (secondary N) is 3. The van der Waals surface area contributed by atoms with E-state index in [0.29, 0.717) is 28.8 Å². The number of carbonyl (C=O) groups is 1. The molecular formula is C21H23BrClN5O2. The van der Waals surface area contributed by atoms with Crippen molar-refractivity contribution in [1.82, 2.24) is 15.1 Å².